The molecular weight excluding hydrogens is 202 g/mol. The maximum absolute atomic E-state index is 10.9. The van der Waals surface area contributed by atoms with Gasteiger partial charge in [0.25, 0.3) is 0 Å². The van der Waals surface area contributed by atoms with E-state index >= 15 is 0 Å². The molecule has 2 atom stereocenters. The highest BCUT2D eigenvalue weighted by Crippen LogP contribution is 2.23. The van der Waals surface area contributed by atoms with Gasteiger partial charge >= 0.3 is 5.97 Å². The summed E-state index contributed by atoms with van der Waals surface area (Å²) in [7, 11) is 0. The Morgan fingerprint density at radius 1 is 1.31 bits per heavy atom. The van der Waals surface area contributed by atoms with E-state index in [9.17, 15) is 4.79 Å². The molecule has 0 spiro atoms. The monoisotopic (exact) mass is 227 g/mol. The zero-order valence-corrected chi connectivity index (χ0v) is 10.6. The van der Waals surface area contributed by atoms with Crippen molar-refractivity contribution in [2.45, 2.75) is 58.4 Å². The highest BCUT2D eigenvalue weighted by atomic mass is 16.4. The number of aliphatic carboxylic acids is 1. The Morgan fingerprint density at radius 2 is 1.94 bits per heavy atom. The molecule has 0 amide bonds. The van der Waals surface area contributed by atoms with E-state index in [-0.39, 0.29) is 6.04 Å². The van der Waals surface area contributed by atoms with Crippen molar-refractivity contribution >= 4 is 5.97 Å². The van der Waals surface area contributed by atoms with E-state index < -0.39 is 5.97 Å². The molecule has 0 aromatic carbocycles. The maximum Gasteiger partial charge on any atom is 0.304 e. The lowest BCUT2D eigenvalue weighted by molar-refractivity contribution is -0.139. The number of hydrogen-bond acceptors (Lipinski definition) is 2. The lowest BCUT2D eigenvalue weighted by atomic mass is 9.91. The lowest BCUT2D eigenvalue weighted by Crippen LogP contribution is -2.44. The summed E-state index contributed by atoms with van der Waals surface area (Å²) in [6.07, 6.45) is 6.35. The molecular formula is C13H25NO2. The van der Waals surface area contributed by atoms with Gasteiger partial charge in [0.05, 0.1) is 6.42 Å². The Morgan fingerprint density at radius 3 is 2.44 bits per heavy atom. The van der Waals surface area contributed by atoms with Gasteiger partial charge in [0.15, 0.2) is 0 Å². The highest BCUT2D eigenvalue weighted by Gasteiger charge is 2.27. The Bertz CT molecular complexity index is 212. The summed E-state index contributed by atoms with van der Waals surface area (Å²) in [5.74, 6) is -0.155. The minimum absolute atomic E-state index is 0.248. The minimum atomic E-state index is -0.654. The van der Waals surface area contributed by atoms with Crippen molar-refractivity contribution in [3.63, 3.8) is 0 Å². The average Bonchev–Trinajstić information content (AvgIpc) is 2.27. The zero-order valence-electron chi connectivity index (χ0n) is 10.6. The molecule has 94 valence electrons. The van der Waals surface area contributed by atoms with Crippen LogP contribution in [0.15, 0.2) is 0 Å². The van der Waals surface area contributed by atoms with E-state index in [4.69, 9.17) is 5.11 Å². The quantitative estimate of drug-likeness (QED) is 0.758. The molecule has 1 N–H and O–H groups in total. The standard InChI is InChI=1S/C13H25NO2/c1-3-7-11(2)12(10-13(15)16)14-8-5-4-6-9-14/h11-12H,3-10H2,1-2H3,(H,15,16). The van der Waals surface area contributed by atoms with Crippen LogP contribution in [0.1, 0.15) is 52.4 Å². The van der Waals surface area contributed by atoms with E-state index in [1.54, 1.807) is 0 Å². The predicted molar refractivity (Wildman–Crippen MR) is 65.5 cm³/mol. The Kier molecular flexibility index (Phi) is 5.81. The van der Waals surface area contributed by atoms with E-state index in [2.05, 4.69) is 18.7 Å². The molecule has 0 aliphatic carbocycles. The number of carboxylic acids is 1. The Balaban J connectivity index is 2.56. The van der Waals surface area contributed by atoms with Gasteiger partial charge in [0.1, 0.15) is 0 Å². The van der Waals surface area contributed by atoms with Crippen LogP contribution in [0.5, 0.6) is 0 Å². The van der Waals surface area contributed by atoms with E-state index in [1.807, 2.05) is 0 Å². The number of carbonyl (C=O) groups is 1. The Labute approximate surface area is 98.8 Å². The smallest absolute Gasteiger partial charge is 0.304 e. The molecule has 16 heavy (non-hydrogen) atoms. The zero-order chi connectivity index (χ0) is 12.0. The number of hydrogen-bond donors (Lipinski definition) is 1. The largest absolute Gasteiger partial charge is 0.481 e. The summed E-state index contributed by atoms with van der Waals surface area (Å²) in [4.78, 5) is 13.3. The van der Waals surface area contributed by atoms with Crippen LogP contribution in [-0.4, -0.2) is 35.1 Å². The predicted octanol–water partition coefficient (Wildman–Crippen LogP) is 2.75. The fourth-order valence-electron chi connectivity index (χ4n) is 2.77. The second-order valence-electron chi connectivity index (χ2n) is 5.03. The van der Waals surface area contributed by atoms with Crippen LogP contribution in [0.25, 0.3) is 0 Å². The molecule has 1 fully saturated rings. The van der Waals surface area contributed by atoms with Crippen LogP contribution in [0.2, 0.25) is 0 Å². The summed E-state index contributed by atoms with van der Waals surface area (Å²) >= 11 is 0. The SMILES string of the molecule is CCCC(C)C(CC(=O)O)N1CCCCC1. The molecule has 1 aliphatic rings. The minimum Gasteiger partial charge on any atom is -0.481 e. The van der Waals surface area contributed by atoms with Crippen molar-refractivity contribution in [3.8, 4) is 0 Å². The second kappa shape index (κ2) is 6.89. The maximum atomic E-state index is 10.9. The number of rotatable bonds is 6. The number of carboxylic acid groups (broad SMARTS) is 1. The molecule has 0 bridgehead atoms. The molecule has 3 nitrogen and oxygen atoms in total. The first kappa shape index (κ1) is 13.5. The molecule has 1 saturated heterocycles. The van der Waals surface area contributed by atoms with Crippen LogP contribution in [0, 0.1) is 5.92 Å². The first-order valence-electron chi connectivity index (χ1n) is 6.61. The highest BCUT2D eigenvalue weighted by molar-refractivity contribution is 5.67. The van der Waals surface area contributed by atoms with Crippen molar-refractivity contribution in [1.29, 1.82) is 0 Å². The average molecular weight is 227 g/mol. The molecule has 0 saturated carbocycles. The number of piperidine rings is 1. The van der Waals surface area contributed by atoms with Gasteiger partial charge in [-0.2, -0.15) is 0 Å². The molecule has 0 aromatic rings. The van der Waals surface area contributed by atoms with Crippen LogP contribution in [0.3, 0.4) is 0 Å². The van der Waals surface area contributed by atoms with Gasteiger partial charge in [-0.25, -0.2) is 0 Å². The normalized spacial score (nSPS) is 21.6. The number of nitrogens with zero attached hydrogens (tertiary/aromatic N) is 1. The molecule has 0 radical (unpaired) electrons. The van der Waals surface area contributed by atoms with E-state index in [0.717, 1.165) is 25.9 Å². The van der Waals surface area contributed by atoms with Crippen LogP contribution >= 0.6 is 0 Å². The third-order valence-electron chi connectivity index (χ3n) is 3.64. The van der Waals surface area contributed by atoms with Crippen molar-refractivity contribution in [3.05, 3.63) is 0 Å². The lowest BCUT2D eigenvalue weighted by Gasteiger charge is -2.37. The third kappa shape index (κ3) is 4.12. The summed E-state index contributed by atoms with van der Waals surface area (Å²) in [5.41, 5.74) is 0. The van der Waals surface area contributed by atoms with Crippen molar-refractivity contribution in [2.24, 2.45) is 5.92 Å². The topological polar surface area (TPSA) is 40.5 Å². The van der Waals surface area contributed by atoms with Gasteiger partial charge in [0.2, 0.25) is 0 Å². The van der Waals surface area contributed by atoms with Gasteiger partial charge in [-0.05, 0) is 38.3 Å². The van der Waals surface area contributed by atoms with Crippen molar-refractivity contribution in [2.75, 3.05) is 13.1 Å². The first-order valence-corrected chi connectivity index (χ1v) is 6.61. The summed E-state index contributed by atoms with van der Waals surface area (Å²) in [6, 6.07) is 0.248. The fraction of sp³-hybridized carbons (Fsp3) is 0.923. The van der Waals surface area contributed by atoms with Gasteiger partial charge in [-0.3, -0.25) is 9.69 Å². The van der Waals surface area contributed by atoms with Gasteiger partial charge in [-0.1, -0.05) is 26.7 Å². The molecule has 1 rings (SSSR count). The summed E-state index contributed by atoms with van der Waals surface area (Å²) < 4.78 is 0. The van der Waals surface area contributed by atoms with Crippen LogP contribution in [-0.2, 0) is 4.79 Å². The molecule has 1 aliphatic heterocycles. The second-order valence-corrected chi connectivity index (χ2v) is 5.03. The molecule has 0 aromatic heterocycles. The third-order valence-corrected chi connectivity index (χ3v) is 3.64. The summed E-state index contributed by atoms with van der Waals surface area (Å²) in [6.45, 7) is 6.55. The van der Waals surface area contributed by atoms with Gasteiger partial charge < -0.3 is 5.11 Å². The first-order chi connectivity index (χ1) is 7.65. The number of likely N-dealkylation sites (tertiary alicyclic amines) is 1. The fourth-order valence-corrected chi connectivity index (χ4v) is 2.77. The van der Waals surface area contributed by atoms with Crippen LogP contribution < -0.4 is 0 Å². The van der Waals surface area contributed by atoms with Gasteiger partial charge in [0, 0.05) is 6.04 Å². The molecule has 3 heteroatoms. The van der Waals surface area contributed by atoms with Crippen LogP contribution in [0.4, 0.5) is 0 Å². The van der Waals surface area contributed by atoms with Gasteiger partial charge in [-0.15, -0.1) is 0 Å². The summed E-state index contributed by atoms with van der Waals surface area (Å²) in [5, 5.41) is 9.00. The van der Waals surface area contributed by atoms with Crippen molar-refractivity contribution in [1.82, 2.24) is 4.90 Å². The van der Waals surface area contributed by atoms with Crippen molar-refractivity contribution < 1.29 is 9.90 Å². The molecule has 2 unspecified atom stereocenters. The molecule has 1 heterocycles. The Hall–Kier alpha value is -0.570. The van der Waals surface area contributed by atoms with E-state index in [1.165, 1.54) is 19.3 Å². The van der Waals surface area contributed by atoms with E-state index in [0.29, 0.717) is 12.3 Å².